The fourth-order valence-corrected chi connectivity index (χ4v) is 6.04. The summed E-state index contributed by atoms with van der Waals surface area (Å²) in [5.74, 6) is 1.71. The molecule has 0 aliphatic heterocycles. The Bertz CT molecular complexity index is 639. The lowest BCUT2D eigenvalue weighted by Gasteiger charge is -2.61. The molecule has 5 rings (SSSR count). The van der Waals surface area contributed by atoms with E-state index < -0.39 is 0 Å². The number of amides is 1. The number of ether oxygens (including phenoxy) is 1. The van der Waals surface area contributed by atoms with E-state index in [0.717, 1.165) is 25.5 Å². The van der Waals surface area contributed by atoms with Crippen molar-refractivity contribution in [2.24, 2.45) is 5.92 Å². The molecule has 27 heavy (non-hydrogen) atoms. The predicted molar refractivity (Wildman–Crippen MR) is 118 cm³/mol. The molecule has 2 N–H and O–H groups in total. The Balaban J connectivity index is 0.000000299. The highest BCUT2D eigenvalue weighted by molar-refractivity contribution is 9.11. The number of carbonyl (C=O) groups excluding carboxylic acids is 1. The van der Waals surface area contributed by atoms with E-state index in [-0.39, 0.29) is 11.4 Å². The molecule has 0 heterocycles. The second-order valence-corrected chi connectivity index (χ2v) is 10.4. The van der Waals surface area contributed by atoms with Crippen molar-refractivity contribution in [1.82, 2.24) is 10.0 Å². The molecule has 4 nitrogen and oxygen atoms in total. The van der Waals surface area contributed by atoms with E-state index in [4.69, 9.17) is 4.74 Å². The summed E-state index contributed by atoms with van der Waals surface area (Å²) in [5, 5.41) is 3.13. The molecular formula is C20H28Br2N2O2S. The van der Waals surface area contributed by atoms with Gasteiger partial charge in [-0.3, -0.25) is 9.52 Å². The van der Waals surface area contributed by atoms with E-state index >= 15 is 0 Å². The Morgan fingerprint density at radius 2 is 1.70 bits per heavy atom. The van der Waals surface area contributed by atoms with Crippen LogP contribution < -0.4 is 14.8 Å². The van der Waals surface area contributed by atoms with Crippen molar-refractivity contribution in [3.8, 4) is 5.75 Å². The zero-order valence-electron chi connectivity index (χ0n) is 15.8. The fraction of sp³-hybridized carbons (Fsp3) is 0.650. The average Bonchev–Trinajstić information content (AvgIpc) is 2.61. The lowest BCUT2D eigenvalue weighted by atomic mass is 9.50. The Kier molecular flexibility index (Phi) is 7.94. The zero-order chi connectivity index (χ0) is 19.3. The van der Waals surface area contributed by atoms with Crippen LogP contribution in [0, 0.1) is 5.92 Å². The third kappa shape index (κ3) is 5.87. The molecule has 4 aliphatic carbocycles. The van der Waals surface area contributed by atoms with Crippen molar-refractivity contribution >= 4 is 49.7 Å². The van der Waals surface area contributed by atoms with Gasteiger partial charge in [-0.25, -0.2) is 0 Å². The lowest BCUT2D eigenvalue weighted by molar-refractivity contribution is -0.131. The number of hydrogen-bond donors (Lipinski definition) is 2. The largest absolute Gasteiger partial charge is 0.496 e. The maximum atomic E-state index is 11.9. The van der Waals surface area contributed by atoms with E-state index in [1.165, 1.54) is 69.7 Å². The van der Waals surface area contributed by atoms with Crippen LogP contribution in [0.5, 0.6) is 5.75 Å². The molecule has 4 aliphatic rings. The Labute approximate surface area is 183 Å². The topological polar surface area (TPSA) is 50.4 Å². The molecule has 1 amide bonds. The van der Waals surface area contributed by atoms with Crippen LogP contribution in [0.3, 0.4) is 0 Å². The van der Waals surface area contributed by atoms with Crippen molar-refractivity contribution in [3.05, 3.63) is 21.1 Å². The standard InChI is InChI=1S/C14H16Br2N2O2S.C6H12/c1-20-11-3-12(10(16)2-9(11)15)21-17-7-13(19)18-14-4-8(5-14)6-14;1-2-4-6-5-3-1/h2-3,8,17H,4-7H2,1H3,(H,18,19);1-6H2. The SMILES string of the molecule is C1CCCCC1.COc1cc(SNCC(=O)NC23CC(C2)C3)c(Br)cc1Br. The van der Waals surface area contributed by atoms with E-state index in [2.05, 4.69) is 41.9 Å². The van der Waals surface area contributed by atoms with Crippen LogP contribution in [0.2, 0.25) is 0 Å². The van der Waals surface area contributed by atoms with Crippen LogP contribution in [-0.4, -0.2) is 25.1 Å². The monoisotopic (exact) mass is 518 g/mol. The van der Waals surface area contributed by atoms with Crippen LogP contribution >= 0.6 is 43.8 Å². The summed E-state index contributed by atoms with van der Waals surface area (Å²) in [5.41, 5.74) is 0.148. The number of halogens is 2. The smallest absolute Gasteiger partial charge is 0.235 e. The highest BCUT2D eigenvalue weighted by Crippen LogP contribution is 2.56. The second kappa shape index (κ2) is 9.99. The van der Waals surface area contributed by atoms with Gasteiger partial charge in [0.2, 0.25) is 5.91 Å². The van der Waals surface area contributed by atoms with Gasteiger partial charge in [-0.1, -0.05) is 38.5 Å². The molecule has 0 atom stereocenters. The van der Waals surface area contributed by atoms with Crippen molar-refractivity contribution < 1.29 is 9.53 Å². The number of carbonyl (C=O) groups is 1. The molecule has 0 spiro atoms. The third-order valence-electron chi connectivity index (χ3n) is 5.56. The first-order chi connectivity index (χ1) is 13.0. The summed E-state index contributed by atoms with van der Waals surface area (Å²) in [6.07, 6.45) is 12.5. The summed E-state index contributed by atoms with van der Waals surface area (Å²) in [7, 11) is 1.63. The van der Waals surface area contributed by atoms with Crippen LogP contribution in [0.1, 0.15) is 57.8 Å². The molecule has 7 heteroatoms. The van der Waals surface area contributed by atoms with Gasteiger partial charge in [0.15, 0.2) is 0 Å². The minimum Gasteiger partial charge on any atom is -0.496 e. The second-order valence-electron chi connectivity index (χ2n) is 7.77. The van der Waals surface area contributed by atoms with Crippen LogP contribution in [0.4, 0.5) is 0 Å². The van der Waals surface area contributed by atoms with Gasteiger partial charge >= 0.3 is 0 Å². The normalized spacial score (nSPS) is 25.4. The molecule has 0 unspecified atom stereocenters. The molecule has 4 saturated carbocycles. The number of nitrogens with one attached hydrogen (secondary N) is 2. The first-order valence-corrected chi connectivity index (χ1v) is 12.2. The Hall–Kier alpha value is -0.240. The van der Waals surface area contributed by atoms with Gasteiger partial charge in [0.1, 0.15) is 5.75 Å². The molecule has 4 fully saturated rings. The fourth-order valence-electron chi connectivity index (χ4n) is 3.96. The first kappa shape index (κ1) is 21.5. The minimum atomic E-state index is 0.0702. The maximum absolute atomic E-state index is 11.9. The third-order valence-corrected chi connectivity index (χ3v) is 7.95. The lowest BCUT2D eigenvalue weighted by Crippen LogP contribution is -2.68. The number of benzene rings is 1. The molecule has 0 aromatic heterocycles. The van der Waals surface area contributed by atoms with Crippen molar-refractivity contribution in [3.63, 3.8) is 0 Å². The zero-order valence-corrected chi connectivity index (χ0v) is 19.8. The van der Waals surface area contributed by atoms with Crippen molar-refractivity contribution in [2.75, 3.05) is 13.7 Å². The van der Waals surface area contributed by atoms with Gasteiger partial charge in [-0.15, -0.1) is 0 Å². The molecule has 2 bridgehead atoms. The number of methoxy groups -OCH3 is 1. The van der Waals surface area contributed by atoms with Gasteiger partial charge in [0.25, 0.3) is 0 Å². The van der Waals surface area contributed by atoms with Crippen LogP contribution in [-0.2, 0) is 4.79 Å². The van der Waals surface area contributed by atoms with E-state index in [1.54, 1.807) is 7.11 Å². The summed E-state index contributed by atoms with van der Waals surface area (Å²) in [6.45, 7) is 0.307. The summed E-state index contributed by atoms with van der Waals surface area (Å²) in [6, 6.07) is 3.86. The van der Waals surface area contributed by atoms with E-state index in [1.807, 2.05) is 12.1 Å². The van der Waals surface area contributed by atoms with Crippen molar-refractivity contribution in [2.45, 2.75) is 68.2 Å². The Morgan fingerprint density at radius 1 is 1.11 bits per heavy atom. The highest BCUT2D eigenvalue weighted by atomic mass is 79.9. The first-order valence-electron chi connectivity index (χ1n) is 9.75. The number of hydrogen-bond acceptors (Lipinski definition) is 4. The molecule has 1 aromatic carbocycles. The van der Waals surface area contributed by atoms with Gasteiger partial charge in [0, 0.05) is 14.9 Å². The number of rotatable bonds is 6. The van der Waals surface area contributed by atoms with E-state index in [9.17, 15) is 4.79 Å². The van der Waals surface area contributed by atoms with Gasteiger partial charge in [-0.05, 0) is 81.1 Å². The molecule has 0 saturated heterocycles. The minimum absolute atomic E-state index is 0.0702. The summed E-state index contributed by atoms with van der Waals surface area (Å²) in [4.78, 5) is 12.9. The highest BCUT2D eigenvalue weighted by Gasteiger charge is 2.57. The quantitative estimate of drug-likeness (QED) is 0.464. The van der Waals surface area contributed by atoms with Crippen LogP contribution in [0.15, 0.2) is 26.0 Å². The van der Waals surface area contributed by atoms with Gasteiger partial charge in [0.05, 0.1) is 18.1 Å². The maximum Gasteiger partial charge on any atom is 0.235 e. The molecule has 150 valence electrons. The predicted octanol–water partition coefficient (Wildman–Crippen LogP) is 5.83. The summed E-state index contributed by atoms with van der Waals surface area (Å²) < 4.78 is 10.2. The summed E-state index contributed by atoms with van der Waals surface area (Å²) >= 11 is 8.36. The molecule has 1 aromatic rings. The molecular weight excluding hydrogens is 492 g/mol. The van der Waals surface area contributed by atoms with Gasteiger partial charge < -0.3 is 10.1 Å². The van der Waals surface area contributed by atoms with E-state index in [0.29, 0.717) is 6.54 Å². The van der Waals surface area contributed by atoms with Gasteiger partial charge in [-0.2, -0.15) is 0 Å². The van der Waals surface area contributed by atoms with Crippen molar-refractivity contribution in [1.29, 1.82) is 0 Å². The molecule has 0 radical (unpaired) electrons. The Morgan fingerprint density at radius 3 is 2.19 bits per heavy atom. The van der Waals surface area contributed by atoms with Crippen LogP contribution in [0.25, 0.3) is 0 Å². The average molecular weight is 520 g/mol.